The van der Waals surface area contributed by atoms with Gasteiger partial charge in [-0.2, -0.15) is 0 Å². The summed E-state index contributed by atoms with van der Waals surface area (Å²) < 4.78 is 30.4. The Hall–Kier alpha value is -3.05. The Labute approximate surface area is 179 Å². The van der Waals surface area contributed by atoms with E-state index in [9.17, 15) is 23.2 Å². The molecular formula is C20H21F2N5O3S. The number of benzene rings is 1. The standard InChI is InChI=1S/C20H21F2N5O3S/c1-23-18(28)12-3-4-14(16(22)15(12)21)27-7-5-26(6-8-27)10-11-9-13-17(31-11)19(29)25(2)20(30)24-13/h3-4,9H,5-8,10H2,1-2H3,(H,23,28)(H,24,30). The molecule has 0 saturated carbocycles. The zero-order valence-electron chi connectivity index (χ0n) is 17.0. The van der Waals surface area contributed by atoms with Crippen molar-refractivity contribution in [1.82, 2.24) is 19.8 Å². The normalized spacial score (nSPS) is 14.9. The Morgan fingerprint density at radius 3 is 2.55 bits per heavy atom. The molecule has 0 aliphatic carbocycles. The molecule has 0 unspecified atom stereocenters. The van der Waals surface area contributed by atoms with Gasteiger partial charge in [0.15, 0.2) is 11.6 Å². The van der Waals surface area contributed by atoms with Crippen LogP contribution >= 0.6 is 11.3 Å². The molecule has 164 valence electrons. The van der Waals surface area contributed by atoms with Crippen LogP contribution in [0.15, 0.2) is 27.8 Å². The summed E-state index contributed by atoms with van der Waals surface area (Å²) in [7, 11) is 2.79. The molecule has 1 aliphatic rings. The van der Waals surface area contributed by atoms with Gasteiger partial charge in [0, 0.05) is 51.7 Å². The second-order valence-electron chi connectivity index (χ2n) is 7.35. The van der Waals surface area contributed by atoms with Crippen molar-refractivity contribution in [3.63, 3.8) is 0 Å². The number of piperazine rings is 1. The minimum Gasteiger partial charge on any atom is -0.367 e. The first-order valence-corrected chi connectivity index (χ1v) is 10.5. The molecular weight excluding hydrogens is 428 g/mol. The number of hydrogen-bond acceptors (Lipinski definition) is 6. The number of aromatic nitrogens is 2. The van der Waals surface area contributed by atoms with Crippen LogP contribution in [-0.4, -0.2) is 53.6 Å². The van der Waals surface area contributed by atoms with Gasteiger partial charge in [0.1, 0.15) is 4.70 Å². The fraction of sp³-hybridized carbons (Fsp3) is 0.350. The van der Waals surface area contributed by atoms with E-state index in [1.54, 1.807) is 4.90 Å². The quantitative estimate of drug-likeness (QED) is 0.626. The summed E-state index contributed by atoms with van der Waals surface area (Å²) >= 11 is 1.34. The SMILES string of the molecule is CNC(=O)c1ccc(N2CCN(Cc3cc4[nH]c(=O)n(C)c(=O)c4s3)CC2)c(F)c1F. The molecule has 2 N–H and O–H groups in total. The minimum absolute atomic E-state index is 0.132. The maximum absolute atomic E-state index is 14.5. The fourth-order valence-corrected chi connectivity index (χ4v) is 4.81. The molecule has 0 radical (unpaired) electrons. The van der Waals surface area contributed by atoms with Gasteiger partial charge in [0.25, 0.3) is 11.5 Å². The summed E-state index contributed by atoms with van der Waals surface area (Å²) in [5, 5.41) is 2.29. The predicted octanol–water partition coefficient (Wildman–Crippen LogP) is 1.25. The first kappa shape index (κ1) is 21.2. The molecule has 1 amide bonds. The Bertz CT molecular complexity index is 1270. The summed E-state index contributed by atoms with van der Waals surface area (Å²) in [6.45, 7) is 2.78. The van der Waals surface area contributed by atoms with Gasteiger partial charge in [0.2, 0.25) is 0 Å². The lowest BCUT2D eigenvalue weighted by molar-refractivity contribution is 0.0958. The summed E-state index contributed by atoms with van der Waals surface area (Å²) in [6.07, 6.45) is 0. The van der Waals surface area contributed by atoms with Crippen molar-refractivity contribution in [2.24, 2.45) is 7.05 Å². The van der Waals surface area contributed by atoms with E-state index >= 15 is 0 Å². The Morgan fingerprint density at radius 2 is 1.87 bits per heavy atom. The largest absolute Gasteiger partial charge is 0.367 e. The van der Waals surface area contributed by atoms with Gasteiger partial charge < -0.3 is 15.2 Å². The third-order valence-corrected chi connectivity index (χ3v) is 6.56. The molecule has 31 heavy (non-hydrogen) atoms. The molecule has 2 aromatic heterocycles. The molecule has 1 aliphatic heterocycles. The summed E-state index contributed by atoms with van der Waals surface area (Å²) in [4.78, 5) is 43.2. The molecule has 0 spiro atoms. The molecule has 0 atom stereocenters. The number of nitrogens with one attached hydrogen (secondary N) is 2. The van der Waals surface area contributed by atoms with E-state index in [1.807, 2.05) is 6.07 Å². The monoisotopic (exact) mass is 449 g/mol. The van der Waals surface area contributed by atoms with Crippen LogP contribution in [0.25, 0.3) is 10.2 Å². The second-order valence-corrected chi connectivity index (χ2v) is 8.49. The number of carbonyl (C=O) groups is 1. The summed E-state index contributed by atoms with van der Waals surface area (Å²) in [5.41, 5.74) is -0.436. The average molecular weight is 449 g/mol. The zero-order valence-corrected chi connectivity index (χ0v) is 17.8. The third kappa shape index (κ3) is 3.86. The number of rotatable bonds is 4. The average Bonchev–Trinajstić information content (AvgIpc) is 3.16. The zero-order chi connectivity index (χ0) is 22.3. The van der Waals surface area contributed by atoms with Gasteiger partial charge in [0.05, 0.1) is 16.8 Å². The van der Waals surface area contributed by atoms with E-state index in [0.29, 0.717) is 42.9 Å². The van der Waals surface area contributed by atoms with E-state index in [4.69, 9.17) is 0 Å². The molecule has 3 heterocycles. The van der Waals surface area contributed by atoms with Crippen LogP contribution in [0, 0.1) is 11.6 Å². The number of halogens is 2. The van der Waals surface area contributed by atoms with Crippen LogP contribution in [0.3, 0.4) is 0 Å². The molecule has 4 rings (SSSR count). The van der Waals surface area contributed by atoms with Crippen LogP contribution < -0.4 is 21.5 Å². The van der Waals surface area contributed by atoms with Crippen molar-refractivity contribution in [2.75, 3.05) is 38.1 Å². The number of aromatic amines is 1. The van der Waals surface area contributed by atoms with E-state index in [2.05, 4.69) is 15.2 Å². The van der Waals surface area contributed by atoms with Gasteiger partial charge >= 0.3 is 5.69 Å². The lowest BCUT2D eigenvalue weighted by Gasteiger charge is -2.36. The molecule has 0 bridgehead atoms. The fourth-order valence-electron chi connectivity index (χ4n) is 3.68. The Balaban J connectivity index is 1.46. The number of hydrogen-bond donors (Lipinski definition) is 2. The van der Waals surface area contributed by atoms with Crippen molar-refractivity contribution in [2.45, 2.75) is 6.54 Å². The van der Waals surface area contributed by atoms with E-state index < -0.39 is 23.2 Å². The third-order valence-electron chi connectivity index (χ3n) is 5.45. The summed E-state index contributed by atoms with van der Waals surface area (Å²) in [5.74, 6) is -2.86. The van der Waals surface area contributed by atoms with Crippen molar-refractivity contribution in [1.29, 1.82) is 0 Å². The molecule has 1 fully saturated rings. The number of fused-ring (bicyclic) bond motifs is 1. The summed E-state index contributed by atoms with van der Waals surface area (Å²) in [6, 6.07) is 4.52. The van der Waals surface area contributed by atoms with Crippen molar-refractivity contribution < 1.29 is 13.6 Å². The number of carbonyl (C=O) groups excluding carboxylic acids is 1. The van der Waals surface area contributed by atoms with Crippen molar-refractivity contribution in [3.05, 3.63) is 61.1 Å². The van der Waals surface area contributed by atoms with E-state index in [0.717, 1.165) is 9.44 Å². The van der Waals surface area contributed by atoms with Crippen LogP contribution in [0.1, 0.15) is 15.2 Å². The molecule has 8 nitrogen and oxygen atoms in total. The van der Waals surface area contributed by atoms with Crippen LogP contribution in [0.2, 0.25) is 0 Å². The van der Waals surface area contributed by atoms with Crippen LogP contribution in [0.4, 0.5) is 14.5 Å². The number of nitrogens with zero attached hydrogens (tertiary/aromatic N) is 3. The number of anilines is 1. The van der Waals surface area contributed by atoms with Crippen molar-refractivity contribution >= 4 is 33.1 Å². The lowest BCUT2D eigenvalue weighted by Crippen LogP contribution is -2.46. The first-order chi connectivity index (χ1) is 14.8. The highest BCUT2D eigenvalue weighted by molar-refractivity contribution is 7.18. The first-order valence-electron chi connectivity index (χ1n) is 9.69. The van der Waals surface area contributed by atoms with Crippen LogP contribution in [-0.2, 0) is 13.6 Å². The predicted molar refractivity (Wildman–Crippen MR) is 115 cm³/mol. The maximum Gasteiger partial charge on any atom is 0.328 e. The van der Waals surface area contributed by atoms with Crippen LogP contribution in [0.5, 0.6) is 0 Å². The molecule has 11 heteroatoms. The van der Waals surface area contributed by atoms with Gasteiger partial charge in [-0.15, -0.1) is 11.3 Å². The number of H-pyrrole nitrogens is 1. The molecule has 3 aromatic rings. The van der Waals surface area contributed by atoms with Gasteiger partial charge in [-0.25, -0.2) is 13.6 Å². The maximum atomic E-state index is 14.5. The van der Waals surface area contributed by atoms with Gasteiger partial charge in [-0.1, -0.05) is 0 Å². The second kappa shape index (κ2) is 8.23. The highest BCUT2D eigenvalue weighted by Crippen LogP contribution is 2.27. The van der Waals surface area contributed by atoms with Gasteiger partial charge in [-0.3, -0.25) is 19.1 Å². The van der Waals surface area contributed by atoms with Crippen molar-refractivity contribution in [3.8, 4) is 0 Å². The van der Waals surface area contributed by atoms with E-state index in [1.165, 1.54) is 37.6 Å². The minimum atomic E-state index is -1.15. The smallest absolute Gasteiger partial charge is 0.328 e. The highest BCUT2D eigenvalue weighted by Gasteiger charge is 2.24. The Morgan fingerprint density at radius 1 is 1.16 bits per heavy atom. The molecule has 1 aromatic carbocycles. The lowest BCUT2D eigenvalue weighted by atomic mass is 10.1. The van der Waals surface area contributed by atoms with E-state index in [-0.39, 0.29) is 16.8 Å². The number of thiophene rings is 1. The molecule has 1 saturated heterocycles. The number of amides is 1. The van der Waals surface area contributed by atoms with Gasteiger partial charge in [-0.05, 0) is 18.2 Å². The highest BCUT2D eigenvalue weighted by atomic mass is 32.1. The Kier molecular flexibility index (Phi) is 5.63. The topological polar surface area (TPSA) is 90.4 Å².